The van der Waals surface area contributed by atoms with Crippen LogP contribution in [0.3, 0.4) is 0 Å². The molecule has 1 aliphatic heterocycles. The molecule has 0 radical (unpaired) electrons. The summed E-state index contributed by atoms with van der Waals surface area (Å²) in [5.74, 6) is 0.440. The molecule has 25 heavy (non-hydrogen) atoms. The molecular formula is C20H28N2O2S. The molecule has 1 saturated heterocycles. The summed E-state index contributed by atoms with van der Waals surface area (Å²) >= 11 is 0. The second-order valence-corrected chi connectivity index (χ2v) is 9.44. The van der Waals surface area contributed by atoms with Gasteiger partial charge >= 0.3 is 0 Å². The Kier molecular flexibility index (Phi) is 5.64. The number of aryl methyl sites for hydroxylation is 1. The van der Waals surface area contributed by atoms with E-state index >= 15 is 0 Å². The van der Waals surface area contributed by atoms with Gasteiger partial charge in [0.05, 0.1) is 5.75 Å². The number of aromatic nitrogens is 1. The molecular weight excluding hydrogens is 332 g/mol. The normalized spacial score (nSPS) is 18.8. The molecule has 2 heterocycles. The number of rotatable bonds is 8. The van der Waals surface area contributed by atoms with Crippen molar-refractivity contribution in [1.82, 2.24) is 9.88 Å². The third-order valence-electron chi connectivity index (χ3n) is 5.29. The second-order valence-electron chi connectivity index (χ2n) is 6.96. The minimum absolute atomic E-state index is 0.214. The standard InChI is InChI=1S/C20H28N2O2S/c1-3-10-22-11-5-6-18(22)14-17-15-21-20-8-7-16(13-19(17)20)9-12-25(23,24)4-2/h3,7-8,13,15,18,21H,1,4-6,9-12,14H2,2H3/t18-/m1/s1. The molecule has 4 nitrogen and oxygen atoms in total. The molecule has 1 fully saturated rings. The van der Waals surface area contributed by atoms with Crippen LogP contribution in [0.25, 0.3) is 10.9 Å². The third-order valence-corrected chi connectivity index (χ3v) is 7.00. The maximum atomic E-state index is 11.8. The van der Waals surface area contributed by atoms with Crippen molar-refractivity contribution in [3.05, 3.63) is 48.2 Å². The van der Waals surface area contributed by atoms with E-state index in [4.69, 9.17) is 0 Å². The highest BCUT2D eigenvalue weighted by molar-refractivity contribution is 7.91. The fourth-order valence-electron chi connectivity index (χ4n) is 3.75. The van der Waals surface area contributed by atoms with Gasteiger partial charge in [-0.25, -0.2) is 8.42 Å². The van der Waals surface area contributed by atoms with Crippen LogP contribution in [0, 0.1) is 0 Å². The molecule has 0 aliphatic carbocycles. The monoisotopic (exact) mass is 360 g/mol. The van der Waals surface area contributed by atoms with Crippen LogP contribution >= 0.6 is 0 Å². The predicted octanol–water partition coefficient (Wildman–Crippen LogP) is 3.34. The van der Waals surface area contributed by atoms with Gasteiger partial charge in [0.25, 0.3) is 0 Å². The van der Waals surface area contributed by atoms with E-state index in [1.165, 1.54) is 23.8 Å². The van der Waals surface area contributed by atoms with E-state index in [2.05, 4.69) is 34.8 Å². The predicted molar refractivity (Wildman–Crippen MR) is 105 cm³/mol. The molecule has 1 aliphatic rings. The van der Waals surface area contributed by atoms with Crippen molar-refractivity contribution in [2.45, 2.75) is 38.6 Å². The first-order chi connectivity index (χ1) is 12.0. The van der Waals surface area contributed by atoms with E-state index < -0.39 is 9.84 Å². The minimum atomic E-state index is -2.92. The van der Waals surface area contributed by atoms with Crippen LogP contribution in [0.1, 0.15) is 30.9 Å². The summed E-state index contributed by atoms with van der Waals surface area (Å²) in [6.45, 7) is 7.68. The molecule has 5 heteroatoms. The number of likely N-dealkylation sites (tertiary alicyclic amines) is 1. The van der Waals surface area contributed by atoms with Gasteiger partial charge in [-0.1, -0.05) is 19.1 Å². The number of sulfone groups is 1. The van der Waals surface area contributed by atoms with E-state index in [0.29, 0.717) is 12.5 Å². The molecule has 0 saturated carbocycles. The Morgan fingerprint density at radius 1 is 1.40 bits per heavy atom. The number of hydrogen-bond acceptors (Lipinski definition) is 3. The van der Waals surface area contributed by atoms with Gasteiger partial charge in [-0.2, -0.15) is 0 Å². The van der Waals surface area contributed by atoms with E-state index in [1.807, 2.05) is 12.1 Å². The first kappa shape index (κ1) is 18.2. The Morgan fingerprint density at radius 3 is 3.00 bits per heavy atom. The number of benzene rings is 1. The first-order valence-corrected chi connectivity index (χ1v) is 11.0. The number of fused-ring (bicyclic) bond motifs is 1. The molecule has 0 amide bonds. The van der Waals surface area contributed by atoms with E-state index in [-0.39, 0.29) is 11.5 Å². The SMILES string of the molecule is C=CCN1CCC[C@@H]1Cc1c[nH]c2ccc(CCS(=O)(=O)CC)cc12. The fourth-order valence-corrected chi connectivity index (χ4v) is 4.59. The summed E-state index contributed by atoms with van der Waals surface area (Å²) in [5.41, 5.74) is 3.56. The smallest absolute Gasteiger partial charge is 0.150 e. The number of H-pyrrole nitrogens is 1. The van der Waals surface area contributed by atoms with Crippen LogP contribution < -0.4 is 0 Å². The second kappa shape index (κ2) is 7.75. The molecule has 0 unspecified atom stereocenters. The van der Waals surface area contributed by atoms with Gasteiger partial charge in [-0.05, 0) is 55.5 Å². The molecule has 1 atom stereocenters. The lowest BCUT2D eigenvalue weighted by Gasteiger charge is -2.22. The van der Waals surface area contributed by atoms with Crippen molar-refractivity contribution in [2.24, 2.45) is 0 Å². The Bertz CT molecular complexity index is 838. The van der Waals surface area contributed by atoms with E-state index in [0.717, 1.165) is 30.6 Å². The Morgan fingerprint density at radius 2 is 2.24 bits per heavy atom. The quantitative estimate of drug-likeness (QED) is 0.735. The van der Waals surface area contributed by atoms with Gasteiger partial charge in [0.2, 0.25) is 0 Å². The van der Waals surface area contributed by atoms with Crippen molar-refractivity contribution < 1.29 is 8.42 Å². The van der Waals surface area contributed by atoms with Crippen LogP contribution in [0.4, 0.5) is 0 Å². The molecule has 0 bridgehead atoms. The van der Waals surface area contributed by atoms with Crippen LogP contribution in [0.15, 0.2) is 37.1 Å². The molecule has 1 aromatic carbocycles. The van der Waals surface area contributed by atoms with E-state index in [1.54, 1.807) is 6.92 Å². The lowest BCUT2D eigenvalue weighted by molar-refractivity contribution is 0.280. The zero-order valence-corrected chi connectivity index (χ0v) is 15.8. The molecule has 136 valence electrons. The Labute approximate surface area is 150 Å². The van der Waals surface area contributed by atoms with Crippen LogP contribution in [0.5, 0.6) is 0 Å². The molecule has 1 aromatic heterocycles. The number of aromatic amines is 1. The lowest BCUT2D eigenvalue weighted by Crippen LogP contribution is -2.31. The number of nitrogens with one attached hydrogen (secondary N) is 1. The minimum Gasteiger partial charge on any atom is -0.361 e. The average molecular weight is 361 g/mol. The largest absolute Gasteiger partial charge is 0.361 e. The Balaban J connectivity index is 1.77. The van der Waals surface area contributed by atoms with Gasteiger partial charge in [-0.15, -0.1) is 6.58 Å². The van der Waals surface area contributed by atoms with Crippen molar-refractivity contribution in [2.75, 3.05) is 24.6 Å². The highest BCUT2D eigenvalue weighted by Crippen LogP contribution is 2.26. The summed E-state index contributed by atoms with van der Waals surface area (Å²) in [5, 5.41) is 1.23. The zero-order chi connectivity index (χ0) is 17.9. The summed E-state index contributed by atoms with van der Waals surface area (Å²) in [4.78, 5) is 5.87. The number of hydrogen-bond donors (Lipinski definition) is 1. The molecule has 3 rings (SSSR count). The molecule has 0 spiro atoms. The van der Waals surface area contributed by atoms with Gasteiger partial charge in [-0.3, -0.25) is 4.90 Å². The average Bonchev–Trinajstić information content (AvgIpc) is 3.21. The first-order valence-electron chi connectivity index (χ1n) is 9.16. The third kappa shape index (κ3) is 4.33. The summed E-state index contributed by atoms with van der Waals surface area (Å²) in [6, 6.07) is 6.84. The van der Waals surface area contributed by atoms with Crippen molar-refractivity contribution in [3.63, 3.8) is 0 Å². The highest BCUT2D eigenvalue weighted by Gasteiger charge is 2.24. The van der Waals surface area contributed by atoms with Gasteiger partial charge < -0.3 is 4.98 Å². The topological polar surface area (TPSA) is 53.2 Å². The van der Waals surface area contributed by atoms with Gasteiger partial charge in [0, 0.05) is 35.4 Å². The maximum Gasteiger partial charge on any atom is 0.150 e. The van der Waals surface area contributed by atoms with Crippen molar-refractivity contribution in [3.8, 4) is 0 Å². The van der Waals surface area contributed by atoms with Crippen LogP contribution in [-0.4, -0.2) is 48.9 Å². The van der Waals surface area contributed by atoms with Crippen LogP contribution in [-0.2, 0) is 22.7 Å². The van der Waals surface area contributed by atoms with Crippen LogP contribution in [0.2, 0.25) is 0 Å². The fraction of sp³-hybridized carbons (Fsp3) is 0.500. The summed E-state index contributed by atoms with van der Waals surface area (Å²) in [6.07, 6.45) is 8.20. The zero-order valence-electron chi connectivity index (χ0n) is 15.0. The molecule has 1 N–H and O–H groups in total. The summed E-state index contributed by atoms with van der Waals surface area (Å²) in [7, 11) is -2.92. The van der Waals surface area contributed by atoms with Gasteiger partial charge in [0.1, 0.15) is 9.84 Å². The molecule has 2 aromatic rings. The highest BCUT2D eigenvalue weighted by atomic mass is 32.2. The van der Waals surface area contributed by atoms with Crippen molar-refractivity contribution >= 4 is 20.7 Å². The summed E-state index contributed by atoms with van der Waals surface area (Å²) < 4.78 is 23.5. The number of nitrogens with zero attached hydrogens (tertiary/aromatic N) is 1. The van der Waals surface area contributed by atoms with E-state index in [9.17, 15) is 8.42 Å². The lowest BCUT2D eigenvalue weighted by atomic mass is 10.0. The maximum absolute atomic E-state index is 11.8. The van der Waals surface area contributed by atoms with Crippen molar-refractivity contribution in [1.29, 1.82) is 0 Å². The van der Waals surface area contributed by atoms with Gasteiger partial charge in [0.15, 0.2) is 0 Å². The Hall–Kier alpha value is -1.59.